The monoisotopic (exact) mass is 283 g/mol. The molecule has 0 heterocycles. The average Bonchev–Trinajstić information content (AvgIpc) is 2.29. The van der Waals surface area contributed by atoms with E-state index >= 15 is 0 Å². The van der Waals surface area contributed by atoms with Crippen molar-refractivity contribution in [1.29, 1.82) is 0 Å². The van der Waals surface area contributed by atoms with Gasteiger partial charge in [0.25, 0.3) is 0 Å². The van der Waals surface area contributed by atoms with Crippen LogP contribution >= 0.6 is 0 Å². The first-order valence-corrected chi connectivity index (χ1v) is 9.77. The number of para-hydroxylation sites is 1. The Morgan fingerprint density at radius 1 is 1.21 bits per heavy atom. The Labute approximate surface area is 117 Å². The standard InChI is InChI=1S/C15H26FNOSi/c1-15(2,3)19(4,5)18-12-8-11-17-14-10-7-6-9-13(14)16/h6-7,9-10,17H,8,11-12H2,1-5H3. The third kappa shape index (κ3) is 4.95. The van der Waals surface area contributed by atoms with Crippen molar-refractivity contribution < 1.29 is 8.82 Å². The van der Waals surface area contributed by atoms with Crippen molar-refractivity contribution >= 4 is 14.0 Å². The van der Waals surface area contributed by atoms with Gasteiger partial charge in [0, 0.05) is 13.2 Å². The fourth-order valence-electron chi connectivity index (χ4n) is 1.44. The lowest BCUT2D eigenvalue weighted by molar-refractivity contribution is 0.286. The minimum Gasteiger partial charge on any atom is -0.417 e. The second kappa shape index (κ2) is 6.53. The molecule has 1 rings (SSSR count). The van der Waals surface area contributed by atoms with Gasteiger partial charge < -0.3 is 9.74 Å². The topological polar surface area (TPSA) is 21.3 Å². The van der Waals surface area contributed by atoms with Crippen LogP contribution in [0.3, 0.4) is 0 Å². The minimum absolute atomic E-state index is 0.201. The van der Waals surface area contributed by atoms with Gasteiger partial charge in [0.15, 0.2) is 8.32 Å². The van der Waals surface area contributed by atoms with Crippen molar-refractivity contribution in [2.75, 3.05) is 18.5 Å². The first kappa shape index (κ1) is 16.2. The molecule has 0 spiro atoms. The van der Waals surface area contributed by atoms with E-state index < -0.39 is 8.32 Å². The van der Waals surface area contributed by atoms with Crippen molar-refractivity contribution in [2.24, 2.45) is 0 Å². The van der Waals surface area contributed by atoms with Gasteiger partial charge in [-0.15, -0.1) is 0 Å². The Hall–Kier alpha value is -0.873. The zero-order valence-corrected chi connectivity index (χ0v) is 13.7. The van der Waals surface area contributed by atoms with E-state index in [2.05, 4.69) is 39.2 Å². The van der Waals surface area contributed by atoms with Crippen LogP contribution in [-0.4, -0.2) is 21.5 Å². The summed E-state index contributed by atoms with van der Waals surface area (Å²) in [7, 11) is -1.65. The second-order valence-corrected chi connectivity index (χ2v) is 11.2. The van der Waals surface area contributed by atoms with E-state index in [1.54, 1.807) is 12.1 Å². The van der Waals surface area contributed by atoms with Crippen LogP contribution in [0.25, 0.3) is 0 Å². The number of hydrogen-bond acceptors (Lipinski definition) is 2. The summed E-state index contributed by atoms with van der Waals surface area (Å²) in [5, 5.41) is 3.34. The normalized spacial score (nSPS) is 12.5. The third-order valence-corrected chi connectivity index (χ3v) is 8.32. The van der Waals surface area contributed by atoms with Gasteiger partial charge in [-0.05, 0) is 36.7 Å². The SMILES string of the molecule is CC(C)(C)[Si](C)(C)OCCCNc1ccccc1F. The predicted octanol–water partition coefficient (Wildman–Crippen LogP) is 4.65. The van der Waals surface area contributed by atoms with Gasteiger partial charge >= 0.3 is 0 Å². The van der Waals surface area contributed by atoms with Gasteiger partial charge in [-0.25, -0.2) is 4.39 Å². The molecule has 0 amide bonds. The van der Waals surface area contributed by atoms with Gasteiger partial charge in [0.1, 0.15) is 5.82 Å². The van der Waals surface area contributed by atoms with E-state index in [4.69, 9.17) is 4.43 Å². The van der Waals surface area contributed by atoms with Crippen molar-refractivity contribution in [2.45, 2.75) is 45.3 Å². The summed E-state index contributed by atoms with van der Waals surface area (Å²) < 4.78 is 19.4. The molecule has 19 heavy (non-hydrogen) atoms. The molecule has 0 saturated heterocycles. The molecule has 1 N–H and O–H groups in total. The maximum atomic E-state index is 13.4. The predicted molar refractivity (Wildman–Crippen MR) is 82.7 cm³/mol. The molecule has 0 aliphatic rings. The molecule has 0 saturated carbocycles. The number of halogens is 1. The molecule has 4 heteroatoms. The lowest BCUT2D eigenvalue weighted by Gasteiger charge is -2.36. The molecular weight excluding hydrogens is 257 g/mol. The molecule has 108 valence electrons. The first-order chi connectivity index (χ1) is 8.74. The molecular formula is C15H26FNOSi. The van der Waals surface area contributed by atoms with Crippen LogP contribution in [0.4, 0.5) is 10.1 Å². The van der Waals surface area contributed by atoms with Crippen LogP contribution in [0.1, 0.15) is 27.2 Å². The third-order valence-electron chi connectivity index (χ3n) is 3.78. The molecule has 2 nitrogen and oxygen atoms in total. The quantitative estimate of drug-likeness (QED) is 0.606. The molecule has 0 aromatic heterocycles. The summed E-state index contributed by atoms with van der Waals surface area (Å²) in [5.74, 6) is -0.201. The molecule has 1 aromatic rings. The summed E-state index contributed by atoms with van der Waals surface area (Å²) >= 11 is 0. The molecule has 0 unspecified atom stereocenters. The zero-order chi connectivity index (χ0) is 14.5. The summed E-state index contributed by atoms with van der Waals surface area (Å²) in [5.41, 5.74) is 0.565. The van der Waals surface area contributed by atoms with Crippen LogP contribution in [0.5, 0.6) is 0 Å². The molecule has 0 fully saturated rings. The minimum atomic E-state index is -1.65. The van der Waals surface area contributed by atoms with E-state index in [0.29, 0.717) is 5.69 Å². The number of anilines is 1. The van der Waals surface area contributed by atoms with Gasteiger partial charge in [-0.2, -0.15) is 0 Å². The fourth-order valence-corrected chi connectivity index (χ4v) is 2.53. The van der Waals surface area contributed by atoms with Crippen LogP contribution in [0.2, 0.25) is 18.1 Å². The van der Waals surface area contributed by atoms with Crippen molar-refractivity contribution in [3.8, 4) is 0 Å². The highest BCUT2D eigenvalue weighted by atomic mass is 28.4. The van der Waals surface area contributed by atoms with E-state index in [1.165, 1.54) is 6.07 Å². The van der Waals surface area contributed by atoms with Gasteiger partial charge in [-0.3, -0.25) is 0 Å². The summed E-state index contributed by atoms with van der Waals surface area (Å²) in [4.78, 5) is 0. The highest BCUT2D eigenvalue weighted by Crippen LogP contribution is 2.36. The van der Waals surface area contributed by atoms with E-state index in [-0.39, 0.29) is 10.9 Å². The Kier molecular flexibility index (Phi) is 5.56. The molecule has 0 radical (unpaired) electrons. The van der Waals surface area contributed by atoms with Gasteiger partial charge in [0.05, 0.1) is 5.69 Å². The van der Waals surface area contributed by atoms with E-state index in [9.17, 15) is 4.39 Å². The Bertz CT molecular complexity index is 401. The van der Waals surface area contributed by atoms with Crippen LogP contribution < -0.4 is 5.32 Å². The zero-order valence-electron chi connectivity index (χ0n) is 12.7. The van der Waals surface area contributed by atoms with Crippen LogP contribution in [-0.2, 0) is 4.43 Å². The molecule has 0 atom stereocenters. The lowest BCUT2D eigenvalue weighted by Crippen LogP contribution is -2.41. The van der Waals surface area contributed by atoms with Gasteiger partial charge in [0.2, 0.25) is 0 Å². The summed E-state index contributed by atoms with van der Waals surface area (Å²) in [6.45, 7) is 12.7. The van der Waals surface area contributed by atoms with Gasteiger partial charge in [-0.1, -0.05) is 32.9 Å². The van der Waals surface area contributed by atoms with Crippen molar-refractivity contribution in [1.82, 2.24) is 0 Å². The number of rotatable bonds is 6. The Morgan fingerprint density at radius 3 is 2.42 bits per heavy atom. The summed E-state index contributed by atoms with van der Waals surface area (Å²) in [6.07, 6.45) is 0.890. The molecule has 0 aliphatic carbocycles. The largest absolute Gasteiger partial charge is 0.417 e. The Morgan fingerprint density at radius 2 is 1.84 bits per heavy atom. The van der Waals surface area contributed by atoms with E-state index in [1.807, 2.05) is 6.07 Å². The average molecular weight is 283 g/mol. The molecule has 0 bridgehead atoms. The smallest absolute Gasteiger partial charge is 0.191 e. The van der Waals surface area contributed by atoms with Crippen molar-refractivity contribution in [3.05, 3.63) is 30.1 Å². The molecule has 0 aliphatic heterocycles. The first-order valence-electron chi connectivity index (χ1n) is 6.86. The van der Waals surface area contributed by atoms with Crippen LogP contribution in [0.15, 0.2) is 24.3 Å². The van der Waals surface area contributed by atoms with Crippen molar-refractivity contribution in [3.63, 3.8) is 0 Å². The van der Waals surface area contributed by atoms with E-state index in [0.717, 1.165) is 19.6 Å². The second-order valence-electron chi connectivity index (χ2n) is 6.37. The highest BCUT2D eigenvalue weighted by Gasteiger charge is 2.36. The number of hydrogen-bond donors (Lipinski definition) is 1. The fraction of sp³-hybridized carbons (Fsp3) is 0.600. The van der Waals surface area contributed by atoms with Crippen LogP contribution in [0, 0.1) is 5.82 Å². The molecule has 1 aromatic carbocycles. The number of benzene rings is 1. The maximum absolute atomic E-state index is 13.4. The lowest BCUT2D eigenvalue weighted by atomic mass is 10.2. The summed E-state index contributed by atoms with van der Waals surface area (Å²) in [6, 6.07) is 6.75. The highest BCUT2D eigenvalue weighted by molar-refractivity contribution is 6.74. The Balaban J connectivity index is 2.28. The number of nitrogens with one attached hydrogen (secondary N) is 1. The maximum Gasteiger partial charge on any atom is 0.191 e.